The molecule has 2 aliphatic heterocycles. The Bertz CT molecular complexity index is 1190. The van der Waals surface area contributed by atoms with Gasteiger partial charge in [-0.25, -0.2) is 14.6 Å². The van der Waals surface area contributed by atoms with Gasteiger partial charge in [0, 0.05) is 61.6 Å². The summed E-state index contributed by atoms with van der Waals surface area (Å²) in [4.78, 5) is 40.2. The third-order valence-corrected chi connectivity index (χ3v) is 6.60. The Balaban J connectivity index is 1.21. The number of hydrogen-bond acceptors (Lipinski definition) is 6. The largest absolute Gasteiger partial charge is 0.353 e. The predicted octanol–water partition coefficient (Wildman–Crippen LogP) is 2.43. The summed E-state index contributed by atoms with van der Waals surface area (Å²) < 4.78 is 2.64. The van der Waals surface area contributed by atoms with E-state index in [9.17, 15) is 9.59 Å². The predicted molar refractivity (Wildman–Crippen MR) is 127 cm³/mol. The highest BCUT2D eigenvalue weighted by Gasteiger charge is 2.38. The zero-order valence-electron chi connectivity index (χ0n) is 18.3. The first kappa shape index (κ1) is 21.6. The minimum atomic E-state index is -0.309. The van der Waals surface area contributed by atoms with E-state index in [1.807, 2.05) is 54.4 Å². The molecule has 2 aromatic heterocycles. The Morgan fingerprint density at radius 1 is 1.06 bits per heavy atom. The first-order valence-electron chi connectivity index (χ1n) is 10.9. The van der Waals surface area contributed by atoms with Crippen LogP contribution < -0.4 is 9.80 Å². The molecule has 0 aliphatic carbocycles. The van der Waals surface area contributed by atoms with Gasteiger partial charge in [0.1, 0.15) is 12.1 Å². The molecule has 0 spiro atoms. The lowest BCUT2D eigenvalue weighted by Crippen LogP contribution is -2.51. The van der Waals surface area contributed by atoms with Crippen LogP contribution in [0, 0.1) is 12.8 Å². The molecule has 0 N–H and O–H groups in total. The van der Waals surface area contributed by atoms with Crippen molar-refractivity contribution in [2.45, 2.75) is 13.3 Å². The molecule has 9 nitrogen and oxygen atoms in total. The van der Waals surface area contributed by atoms with Gasteiger partial charge in [-0.1, -0.05) is 22.0 Å². The highest BCUT2D eigenvalue weighted by molar-refractivity contribution is 9.10. The van der Waals surface area contributed by atoms with Crippen LogP contribution in [0.4, 0.5) is 11.5 Å². The van der Waals surface area contributed by atoms with Gasteiger partial charge in [-0.2, -0.15) is 5.10 Å². The second kappa shape index (κ2) is 8.93. The third-order valence-electron chi connectivity index (χ3n) is 6.10. The summed E-state index contributed by atoms with van der Waals surface area (Å²) in [7, 11) is 0. The van der Waals surface area contributed by atoms with Crippen molar-refractivity contribution in [3.05, 3.63) is 59.1 Å². The zero-order valence-corrected chi connectivity index (χ0v) is 19.8. The number of amides is 2. The van der Waals surface area contributed by atoms with Crippen LogP contribution in [0.25, 0.3) is 5.82 Å². The number of carbonyl (C=O) groups is 2. The van der Waals surface area contributed by atoms with Gasteiger partial charge >= 0.3 is 0 Å². The number of piperazine rings is 1. The highest BCUT2D eigenvalue weighted by Crippen LogP contribution is 2.28. The number of nitrogens with zero attached hydrogens (tertiary/aromatic N) is 7. The van der Waals surface area contributed by atoms with Crippen LogP contribution in [0.2, 0.25) is 0 Å². The van der Waals surface area contributed by atoms with Crippen LogP contribution in [0.5, 0.6) is 0 Å². The Hall–Kier alpha value is -3.27. The lowest BCUT2D eigenvalue weighted by atomic mass is 10.1. The molecule has 2 aliphatic rings. The molecule has 33 heavy (non-hydrogen) atoms. The third kappa shape index (κ3) is 4.47. The van der Waals surface area contributed by atoms with Gasteiger partial charge in [-0.05, 0) is 31.2 Å². The van der Waals surface area contributed by atoms with E-state index >= 15 is 0 Å². The van der Waals surface area contributed by atoms with Crippen molar-refractivity contribution < 1.29 is 9.59 Å². The molecule has 3 aromatic rings. The number of hydrogen-bond donors (Lipinski definition) is 0. The molecule has 2 amide bonds. The molecule has 0 radical (unpaired) electrons. The summed E-state index contributed by atoms with van der Waals surface area (Å²) in [5.41, 5.74) is 1.74. The lowest BCUT2D eigenvalue weighted by Gasteiger charge is -2.36. The quantitative estimate of drug-likeness (QED) is 0.536. The molecule has 1 atom stereocenters. The SMILES string of the molecule is Cc1ccn(-c2cc(N3CCN(C(=O)C4CC(=O)N(c5cccc(Br)c5)C4)CC3)ncn2)n1. The van der Waals surface area contributed by atoms with Gasteiger partial charge in [0.15, 0.2) is 5.82 Å². The van der Waals surface area contributed by atoms with Gasteiger partial charge in [0.2, 0.25) is 11.8 Å². The molecule has 4 heterocycles. The van der Waals surface area contributed by atoms with Gasteiger partial charge in [-0.3, -0.25) is 9.59 Å². The molecule has 1 unspecified atom stereocenters. The van der Waals surface area contributed by atoms with E-state index in [0.717, 1.165) is 21.7 Å². The van der Waals surface area contributed by atoms with Gasteiger partial charge in [0.05, 0.1) is 11.6 Å². The molecule has 1 aromatic carbocycles. The highest BCUT2D eigenvalue weighted by atomic mass is 79.9. The van der Waals surface area contributed by atoms with Crippen molar-refractivity contribution in [3.63, 3.8) is 0 Å². The summed E-state index contributed by atoms with van der Waals surface area (Å²) in [6, 6.07) is 11.5. The zero-order chi connectivity index (χ0) is 22.9. The Labute approximate surface area is 200 Å². The summed E-state index contributed by atoms with van der Waals surface area (Å²) in [6.45, 7) is 4.91. The fourth-order valence-electron chi connectivity index (χ4n) is 4.36. The van der Waals surface area contributed by atoms with Crippen molar-refractivity contribution in [1.82, 2.24) is 24.6 Å². The molecule has 0 bridgehead atoms. The fourth-order valence-corrected chi connectivity index (χ4v) is 4.75. The first-order valence-corrected chi connectivity index (χ1v) is 11.7. The Morgan fingerprint density at radius 3 is 2.58 bits per heavy atom. The fraction of sp³-hybridized carbons (Fsp3) is 0.348. The summed E-state index contributed by atoms with van der Waals surface area (Å²) in [5.74, 6) is 1.26. The molecule has 2 saturated heterocycles. The number of aryl methyl sites for hydroxylation is 1. The number of aromatic nitrogens is 4. The van der Waals surface area contributed by atoms with Crippen LogP contribution in [0.15, 0.2) is 53.4 Å². The minimum Gasteiger partial charge on any atom is -0.353 e. The van der Waals surface area contributed by atoms with Crippen molar-refractivity contribution >= 4 is 39.2 Å². The van der Waals surface area contributed by atoms with E-state index in [-0.39, 0.29) is 24.2 Å². The maximum absolute atomic E-state index is 13.2. The normalized spacial score (nSPS) is 18.8. The summed E-state index contributed by atoms with van der Waals surface area (Å²) >= 11 is 3.45. The average molecular weight is 510 g/mol. The summed E-state index contributed by atoms with van der Waals surface area (Å²) in [6.07, 6.45) is 3.67. The topological polar surface area (TPSA) is 87.5 Å². The number of anilines is 2. The van der Waals surface area contributed by atoms with E-state index in [1.54, 1.807) is 15.9 Å². The number of halogens is 1. The van der Waals surface area contributed by atoms with Crippen molar-refractivity contribution in [2.24, 2.45) is 5.92 Å². The molecule has 2 fully saturated rings. The standard InChI is InChI=1S/C23H24BrN7O2/c1-16-5-6-31(27-16)21-13-20(25-15-26-21)28-7-9-29(10-8-28)23(33)17-11-22(32)30(14-17)19-4-2-3-18(24)12-19/h2-6,12-13,15,17H,7-11,14H2,1H3. The van der Waals surface area contributed by atoms with E-state index in [4.69, 9.17) is 0 Å². The van der Waals surface area contributed by atoms with E-state index < -0.39 is 0 Å². The van der Waals surface area contributed by atoms with E-state index in [0.29, 0.717) is 38.5 Å². The molecule has 0 saturated carbocycles. The molecular formula is C23H24BrN7O2. The van der Waals surface area contributed by atoms with Gasteiger partial charge in [-0.15, -0.1) is 0 Å². The second-order valence-corrected chi connectivity index (χ2v) is 9.25. The van der Waals surface area contributed by atoms with Crippen molar-refractivity contribution in [3.8, 4) is 5.82 Å². The number of benzene rings is 1. The number of carbonyl (C=O) groups excluding carboxylic acids is 2. The number of rotatable bonds is 4. The Kier molecular flexibility index (Phi) is 5.84. The average Bonchev–Trinajstić information content (AvgIpc) is 3.44. The van der Waals surface area contributed by atoms with Crippen LogP contribution >= 0.6 is 15.9 Å². The Morgan fingerprint density at radius 2 is 1.85 bits per heavy atom. The second-order valence-electron chi connectivity index (χ2n) is 8.33. The van der Waals surface area contributed by atoms with Gasteiger partial charge in [0.25, 0.3) is 0 Å². The van der Waals surface area contributed by atoms with Crippen LogP contribution in [0.3, 0.4) is 0 Å². The maximum Gasteiger partial charge on any atom is 0.228 e. The molecule has 170 valence electrons. The summed E-state index contributed by atoms with van der Waals surface area (Å²) in [5, 5.41) is 4.41. The van der Waals surface area contributed by atoms with Crippen molar-refractivity contribution in [2.75, 3.05) is 42.5 Å². The first-order chi connectivity index (χ1) is 16.0. The smallest absolute Gasteiger partial charge is 0.228 e. The molecule has 10 heteroatoms. The molecule has 5 rings (SSSR count). The van der Waals surface area contributed by atoms with Crippen molar-refractivity contribution in [1.29, 1.82) is 0 Å². The van der Waals surface area contributed by atoms with Gasteiger partial charge < -0.3 is 14.7 Å². The van der Waals surface area contributed by atoms with E-state index in [1.165, 1.54) is 0 Å². The maximum atomic E-state index is 13.2. The van der Waals surface area contributed by atoms with Crippen LogP contribution in [-0.2, 0) is 9.59 Å². The van der Waals surface area contributed by atoms with Crippen LogP contribution in [-0.4, -0.2) is 69.2 Å². The minimum absolute atomic E-state index is 0.00698. The van der Waals surface area contributed by atoms with E-state index in [2.05, 4.69) is 35.9 Å². The van der Waals surface area contributed by atoms with Crippen LogP contribution in [0.1, 0.15) is 12.1 Å². The monoisotopic (exact) mass is 509 g/mol. The lowest BCUT2D eigenvalue weighted by molar-refractivity contribution is -0.136. The molecular weight excluding hydrogens is 486 g/mol.